The maximum Gasteiger partial charge on any atom is 0.271 e. The van der Waals surface area contributed by atoms with E-state index in [4.69, 9.17) is 4.42 Å². The zero-order chi connectivity index (χ0) is 22.5. The second kappa shape index (κ2) is 9.86. The van der Waals surface area contributed by atoms with E-state index in [1.165, 1.54) is 30.3 Å². The second-order valence-corrected chi connectivity index (χ2v) is 8.53. The van der Waals surface area contributed by atoms with Gasteiger partial charge in [-0.25, -0.2) is 0 Å². The Morgan fingerprint density at radius 2 is 2.06 bits per heavy atom. The summed E-state index contributed by atoms with van der Waals surface area (Å²) >= 11 is 1.27. The fourth-order valence-electron chi connectivity index (χ4n) is 3.59. The fourth-order valence-corrected chi connectivity index (χ4v) is 4.32. The largest absolute Gasteiger partial charge is 0.467 e. The molecule has 3 heterocycles. The predicted octanol–water partition coefficient (Wildman–Crippen LogP) is 3.86. The maximum atomic E-state index is 12.6. The number of anilines is 2. The predicted molar refractivity (Wildman–Crippen MR) is 121 cm³/mol. The average molecular weight is 457 g/mol. The Hall–Kier alpha value is -3.34. The highest BCUT2D eigenvalue weighted by atomic mass is 32.2. The molecule has 0 aliphatic carbocycles. The van der Waals surface area contributed by atoms with Gasteiger partial charge < -0.3 is 14.6 Å². The summed E-state index contributed by atoms with van der Waals surface area (Å²) in [7, 11) is 0. The van der Waals surface area contributed by atoms with E-state index in [-0.39, 0.29) is 17.3 Å². The normalized spacial score (nSPS) is 13.8. The molecule has 1 saturated heterocycles. The van der Waals surface area contributed by atoms with Gasteiger partial charge in [-0.3, -0.25) is 19.5 Å². The highest BCUT2D eigenvalue weighted by Crippen LogP contribution is 2.27. The summed E-state index contributed by atoms with van der Waals surface area (Å²) in [6, 6.07) is 8.13. The Morgan fingerprint density at radius 1 is 1.25 bits per heavy atom. The van der Waals surface area contributed by atoms with Crippen LogP contribution in [0, 0.1) is 17.0 Å². The summed E-state index contributed by atoms with van der Waals surface area (Å²) in [5.74, 6) is 1.38. The Labute approximate surface area is 189 Å². The molecule has 2 aromatic heterocycles. The van der Waals surface area contributed by atoms with Crippen molar-refractivity contribution in [3.63, 3.8) is 0 Å². The zero-order valence-corrected chi connectivity index (χ0v) is 18.5. The smallest absolute Gasteiger partial charge is 0.271 e. The van der Waals surface area contributed by atoms with E-state index < -0.39 is 4.92 Å². The van der Waals surface area contributed by atoms with Crippen LogP contribution in [0.1, 0.15) is 30.6 Å². The summed E-state index contributed by atoms with van der Waals surface area (Å²) in [6.45, 7) is 4.11. The molecule has 4 rings (SSSR count). The van der Waals surface area contributed by atoms with Crippen LogP contribution in [0.25, 0.3) is 0 Å². The number of aryl methyl sites for hydroxylation is 1. The number of non-ortho nitro benzene ring substituents is 1. The highest BCUT2D eigenvalue weighted by molar-refractivity contribution is 7.99. The molecule has 168 valence electrons. The molecule has 0 atom stereocenters. The molecular formula is C21H24N6O4S. The van der Waals surface area contributed by atoms with Crippen molar-refractivity contribution in [2.45, 2.75) is 37.9 Å². The molecule has 11 heteroatoms. The number of amides is 1. The van der Waals surface area contributed by atoms with E-state index >= 15 is 0 Å². The number of nitro groups is 1. The van der Waals surface area contributed by atoms with Gasteiger partial charge in [0.05, 0.1) is 29.2 Å². The third-order valence-corrected chi connectivity index (χ3v) is 6.24. The number of nitro benzene ring substituents is 1. The number of nitrogens with zero attached hydrogens (tertiary/aromatic N) is 5. The number of furan rings is 1. The lowest BCUT2D eigenvalue weighted by atomic mass is 10.1. The topological polar surface area (TPSA) is 119 Å². The van der Waals surface area contributed by atoms with Crippen molar-refractivity contribution in [1.82, 2.24) is 14.8 Å². The molecule has 0 radical (unpaired) electrons. The van der Waals surface area contributed by atoms with Gasteiger partial charge in [0.2, 0.25) is 11.9 Å². The minimum atomic E-state index is -0.483. The van der Waals surface area contributed by atoms with Gasteiger partial charge in [-0.15, -0.1) is 10.2 Å². The first-order valence-corrected chi connectivity index (χ1v) is 11.4. The van der Waals surface area contributed by atoms with Gasteiger partial charge in [0, 0.05) is 25.2 Å². The Balaban J connectivity index is 1.47. The third kappa shape index (κ3) is 5.10. The van der Waals surface area contributed by atoms with E-state index in [9.17, 15) is 14.9 Å². The molecule has 1 aliphatic rings. The molecule has 0 bridgehead atoms. The number of carbonyl (C=O) groups excluding carboxylic acids is 1. The molecule has 32 heavy (non-hydrogen) atoms. The Bertz CT molecular complexity index is 1090. The Kier molecular flexibility index (Phi) is 6.74. The molecule has 3 aromatic rings. The quantitative estimate of drug-likeness (QED) is 0.308. The van der Waals surface area contributed by atoms with Crippen LogP contribution < -0.4 is 10.2 Å². The number of rotatable bonds is 8. The number of piperidine rings is 1. The van der Waals surface area contributed by atoms with Crippen LogP contribution in [-0.4, -0.2) is 44.4 Å². The number of hydrogen-bond acceptors (Lipinski definition) is 8. The van der Waals surface area contributed by atoms with E-state index in [0.29, 0.717) is 17.4 Å². The fraction of sp³-hybridized carbons (Fsp3) is 0.381. The van der Waals surface area contributed by atoms with Crippen molar-refractivity contribution in [2.24, 2.45) is 0 Å². The number of hydrogen-bond donors (Lipinski definition) is 1. The number of aromatic nitrogens is 3. The van der Waals surface area contributed by atoms with E-state index in [1.54, 1.807) is 19.3 Å². The van der Waals surface area contributed by atoms with Gasteiger partial charge in [-0.2, -0.15) is 0 Å². The van der Waals surface area contributed by atoms with Gasteiger partial charge in [-0.1, -0.05) is 17.8 Å². The van der Waals surface area contributed by atoms with Crippen LogP contribution >= 0.6 is 11.8 Å². The van der Waals surface area contributed by atoms with Crippen molar-refractivity contribution in [2.75, 3.05) is 29.1 Å². The number of thioether (sulfide) groups is 1. The van der Waals surface area contributed by atoms with Crippen molar-refractivity contribution in [1.29, 1.82) is 0 Å². The number of nitrogens with one attached hydrogen (secondary N) is 1. The van der Waals surface area contributed by atoms with Gasteiger partial charge in [0.25, 0.3) is 5.69 Å². The SMILES string of the molecule is Cc1ccc([N+](=O)[O-])cc1NC(=O)CSc1nnc(N2CCCCC2)n1Cc1ccco1. The molecule has 1 N–H and O–H groups in total. The molecular weight excluding hydrogens is 432 g/mol. The van der Waals surface area contributed by atoms with Crippen molar-refractivity contribution in [3.05, 3.63) is 58.0 Å². The minimum Gasteiger partial charge on any atom is -0.467 e. The highest BCUT2D eigenvalue weighted by Gasteiger charge is 2.22. The second-order valence-electron chi connectivity index (χ2n) is 7.59. The van der Waals surface area contributed by atoms with E-state index in [0.717, 1.165) is 43.2 Å². The van der Waals surface area contributed by atoms with Crippen molar-refractivity contribution < 1.29 is 14.1 Å². The van der Waals surface area contributed by atoms with Crippen LogP contribution in [0.15, 0.2) is 46.2 Å². The van der Waals surface area contributed by atoms with Crippen LogP contribution in [0.2, 0.25) is 0 Å². The summed E-state index contributed by atoms with van der Waals surface area (Å²) in [6.07, 6.45) is 5.06. The van der Waals surface area contributed by atoms with Gasteiger partial charge in [-0.05, 0) is 43.9 Å². The lowest BCUT2D eigenvalue weighted by Crippen LogP contribution is -2.32. The van der Waals surface area contributed by atoms with E-state index in [1.807, 2.05) is 16.7 Å². The van der Waals surface area contributed by atoms with Crippen LogP contribution in [0.5, 0.6) is 0 Å². The average Bonchev–Trinajstić information content (AvgIpc) is 3.45. The third-order valence-electron chi connectivity index (χ3n) is 5.27. The van der Waals surface area contributed by atoms with E-state index in [2.05, 4.69) is 20.4 Å². The molecule has 1 aliphatic heterocycles. The van der Waals surface area contributed by atoms with Crippen molar-refractivity contribution >= 4 is 35.0 Å². The summed E-state index contributed by atoms with van der Waals surface area (Å²) in [5.41, 5.74) is 1.11. The van der Waals surface area contributed by atoms with Gasteiger partial charge in [0.15, 0.2) is 5.16 Å². The molecule has 1 amide bonds. The number of carbonyl (C=O) groups is 1. The molecule has 0 saturated carbocycles. The van der Waals surface area contributed by atoms with Crippen LogP contribution in [0.3, 0.4) is 0 Å². The van der Waals surface area contributed by atoms with Crippen LogP contribution in [-0.2, 0) is 11.3 Å². The standard InChI is InChI=1S/C21H24N6O4S/c1-15-7-8-16(27(29)30)12-18(15)22-19(28)14-32-21-24-23-20(25-9-3-2-4-10-25)26(21)13-17-6-5-11-31-17/h5-8,11-12H,2-4,9-10,13-14H2,1H3,(H,22,28). The van der Waals surface area contributed by atoms with Gasteiger partial charge in [0.1, 0.15) is 5.76 Å². The lowest BCUT2D eigenvalue weighted by Gasteiger charge is -2.27. The summed E-state index contributed by atoms with van der Waals surface area (Å²) in [4.78, 5) is 25.3. The molecule has 0 unspecified atom stereocenters. The minimum absolute atomic E-state index is 0.0667. The first-order chi connectivity index (χ1) is 15.5. The maximum absolute atomic E-state index is 12.6. The monoisotopic (exact) mass is 456 g/mol. The molecule has 10 nitrogen and oxygen atoms in total. The molecule has 1 fully saturated rings. The number of benzene rings is 1. The molecule has 0 spiro atoms. The Morgan fingerprint density at radius 3 is 2.78 bits per heavy atom. The zero-order valence-electron chi connectivity index (χ0n) is 17.7. The summed E-state index contributed by atoms with van der Waals surface area (Å²) in [5, 5.41) is 23.1. The first-order valence-electron chi connectivity index (χ1n) is 10.4. The lowest BCUT2D eigenvalue weighted by molar-refractivity contribution is -0.384. The van der Waals surface area contributed by atoms with Gasteiger partial charge >= 0.3 is 0 Å². The summed E-state index contributed by atoms with van der Waals surface area (Å²) < 4.78 is 7.49. The molecule has 1 aromatic carbocycles. The first kappa shape index (κ1) is 21.9. The van der Waals surface area contributed by atoms with Crippen LogP contribution in [0.4, 0.5) is 17.3 Å². The van der Waals surface area contributed by atoms with Crippen molar-refractivity contribution in [3.8, 4) is 0 Å².